The predicted octanol–water partition coefficient (Wildman–Crippen LogP) is 4.90. The summed E-state index contributed by atoms with van der Waals surface area (Å²) >= 11 is 12.0. The Balaban J connectivity index is 1.87. The second kappa shape index (κ2) is 6.73. The normalized spacial score (nSPS) is 10.3. The second-order valence-electron chi connectivity index (χ2n) is 4.64. The van der Waals surface area contributed by atoms with E-state index in [1.807, 2.05) is 30.3 Å². The van der Waals surface area contributed by atoms with Gasteiger partial charge in [-0.15, -0.1) is 0 Å². The van der Waals surface area contributed by atoms with Crippen molar-refractivity contribution in [1.82, 2.24) is 9.97 Å². The highest BCUT2D eigenvalue weighted by atomic mass is 35.5. The van der Waals surface area contributed by atoms with Gasteiger partial charge in [-0.3, -0.25) is 0 Å². The third-order valence-corrected chi connectivity index (χ3v) is 3.37. The zero-order valence-electron chi connectivity index (χ0n) is 11.8. The molecule has 7 heteroatoms. The van der Waals surface area contributed by atoms with Crippen molar-refractivity contribution in [2.24, 2.45) is 0 Å². The molecule has 2 aromatic carbocycles. The van der Waals surface area contributed by atoms with Crippen molar-refractivity contribution >= 4 is 40.4 Å². The third-order valence-electron chi connectivity index (χ3n) is 2.93. The topological polar surface area (TPSA) is 73.1 Å². The summed E-state index contributed by atoms with van der Waals surface area (Å²) in [6, 6.07) is 14.3. The van der Waals surface area contributed by atoms with Crippen LogP contribution in [-0.4, -0.2) is 9.97 Å². The van der Waals surface area contributed by atoms with Crippen molar-refractivity contribution in [2.75, 3.05) is 11.1 Å². The number of benzene rings is 2. The number of hydrogen-bond donors (Lipinski definition) is 2. The molecule has 0 atom stereocenters. The lowest BCUT2D eigenvalue weighted by molar-refractivity contribution is 0.464. The van der Waals surface area contributed by atoms with Crippen LogP contribution >= 0.6 is 23.2 Å². The lowest BCUT2D eigenvalue weighted by Gasteiger charge is -2.12. The Morgan fingerprint density at radius 2 is 1.65 bits per heavy atom. The highest BCUT2D eigenvalue weighted by Crippen LogP contribution is 2.32. The number of para-hydroxylation sites is 1. The van der Waals surface area contributed by atoms with Gasteiger partial charge in [-0.05, 0) is 30.3 Å². The molecular weight excluding hydrogens is 335 g/mol. The largest absolute Gasteiger partial charge is 0.437 e. The highest BCUT2D eigenvalue weighted by Gasteiger charge is 2.11. The summed E-state index contributed by atoms with van der Waals surface area (Å²) in [4.78, 5) is 8.18. The molecule has 1 aromatic heterocycles. The van der Waals surface area contributed by atoms with Crippen LogP contribution < -0.4 is 15.8 Å². The maximum atomic E-state index is 6.08. The van der Waals surface area contributed by atoms with Crippen molar-refractivity contribution in [3.05, 3.63) is 64.9 Å². The Morgan fingerprint density at radius 1 is 0.957 bits per heavy atom. The minimum absolute atomic E-state index is 0.266. The maximum absolute atomic E-state index is 6.08. The van der Waals surface area contributed by atoms with Crippen LogP contribution in [0.2, 0.25) is 10.0 Å². The predicted molar refractivity (Wildman–Crippen MR) is 92.7 cm³/mol. The molecule has 0 aliphatic carbocycles. The first-order valence-electron chi connectivity index (χ1n) is 6.68. The molecular formula is C16H12Cl2N4O. The molecule has 1 heterocycles. The van der Waals surface area contributed by atoms with Crippen LogP contribution in [0.5, 0.6) is 11.6 Å². The van der Waals surface area contributed by atoms with E-state index in [9.17, 15) is 0 Å². The average Bonchev–Trinajstić information content (AvgIpc) is 2.51. The fraction of sp³-hybridized carbons (Fsp3) is 0. The summed E-state index contributed by atoms with van der Waals surface area (Å²) < 4.78 is 5.67. The monoisotopic (exact) mass is 346 g/mol. The van der Waals surface area contributed by atoms with Gasteiger partial charge in [-0.2, -0.15) is 4.98 Å². The summed E-state index contributed by atoms with van der Waals surface area (Å²) in [5, 5.41) is 4.07. The number of ether oxygens (including phenoxy) is 1. The Labute approximate surface area is 143 Å². The fourth-order valence-corrected chi connectivity index (χ4v) is 2.45. The summed E-state index contributed by atoms with van der Waals surface area (Å²) in [5.41, 5.74) is 7.03. The van der Waals surface area contributed by atoms with Gasteiger partial charge >= 0.3 is 0 Å². The molecule has 3 rings (SSSR count). The van der Waals surface area contributed by atoms with Crippen molar-refractivity contribution < 1.29 is 4.74 Å². The third kappa shape index (κ3) is 3.83. The number of nitrogens with one attached hydrogen (secondary N) is 1. The van der Waals surface area contributed by atoms with E-state index < -0.39 is 0 Å². The highest BCUT2D eigenvalue weighted by molar-refractivity contribution is 6.35. The lowest BCUT2D eigenvalue weighted by atomic mass is 10.3. The minimum Gasteiger partial charge on any atom is -0.437 e. The van der Waals surface area contributed by atoms with E-state index in [0.717, 1.165) is 0 Å². The first kappa shape index (κ1) is 15.4. The number of halogens is 2. The van der Waals surface area contributed by atoms with Crippen LogP contribution in [0.1, 0.15) is 0 Å². The van der Waals surface area contributed by atoms with Crippen LogP contribution in [0, 0.1) is 0 Å². The summed E-state index contributed by atoms with van der Waals surface area (Å²) in [6.45, 7) is 0. The van der Waals surface area contributed by atoms with Crippen molar-refractivity contribution in [3.63, 3.8) is 0 Å². The molecule has 116 valence electrons. The minimum atomic E-state index is 0.266. The van der Waals surface area contributed by atoms with E-state index >= 15 is 0 Å². The molecule has 3 N–H and O–H groups in total. The van der Waals surface area contributed by atoms with Crippen molar-refractivity contribution in [3.8, 4) is 11.6 Å². The van der Waals surface area contributed by atoms with E-state index in [2.05, 4.69) is 15.3 Å². The molecule has 0 spiro atoms. The number of hydrogen-bond acceptors (Lipinski definition) is 5. The van der Waals surface area contributed by atoms with Gasteiger partial charge in [0.15, 0.2) is 5.82 Å². The first-order valence-corrected chi connectivity index (χ1v) is 7.44. The molecule has 0 fully saturated rings. The van der Waals surface area contributed by atoms with E-state index in [0.29, 0.717) is 27.3 Å². The van der Waals surface area contributed by atoms with E-state index in [-0.39, 0.29) is 11.6 Å². The molecule has 0 saturated carbocycles. The number of nitrogen functional groups attached to an aromatic ring is 1. The molecule has 23 heavy (non-hydrogen) atoms. The molecule has 5 nitrogen and oxygen atoms in total. The van der Waals surface area contributed by atoms with Crippen LogP contribution in [0.4, 0.5) is 17.2 Å². The SMILES string of the molecule is Nc1c(Nc2cc(Cl)cc(Cl)c2)ncnc1Oc1ccccc1. The van der Waals surface area contributed by atoms with Crippen LogP contribution in [0.15, 0.2) is 54.9 Å². The standard InChI is InChI=1S/C16H12Cl2N4O/c17-10-6-11(18)8-12(7-10)22-15-14(19)16(21-9-20-15)23-13-4-2-1-3-5-13/h1-9H,19H2,(H,20,21,22). The summed E-state index contributed by atoms with van der Waals surface area (Å²) in [5.74, 6) is 1.31. The quantitative estimate of drug-likeness (QED) is 0.702. The Kier molecular flexibility index (Phi) is 4.50. The molecule has 0 radical (unpaired) electrons. The van der Waals surface area contributed by atoms with E-state index in [4.69, 9.17) is 33.7 Å². The number of nitrogens with zero attached hydrogens (tertiary/aromatic N) is 2. The second-order valence-corrected chi connectivity index (χ2v) is 5.51. The summed E-state index contributed by atoms with van der Waals surface area (Å²) in [7, 11) is 0. The van der Waals surface area contributed by atoms with Gasteiger partial charge in [0.1, 0.15) is 17.8 Å². The molecule has 0 aliphatic heterocycles. The Bertz CT molecular complexity index is 807. The van der Waals surface area contributed by atoms with Gasteiger partial charge in [-0.1, -0.05) is 41.4 Å². The lowest BCUT2D eigenvalue weighted by Crippen LogP contribution is -2.03. The van der Waals surface area contributed by atoms with Gasteiger partial charge in [0.2, 0.25) is 5.88 Å². The molecule has 0 amide bonds. The molecule has 3 aromatic rings. The number of rotatable bonds is 4. The molecule has 0 unspecified atom stereocenters. The zero-order valence-corrected chi connectivity index (χ0v) is 13.3. The average molecular weight is 347 g/mol. The number of aromatic nitrogens is 2. The van der Waals surface area contributed by atoms with Crippen molar-refractivity contribution in [1.29, 1.82) is 0 Å². The van der Waals surface area contributed by atoms with E-state index in [1.54, 1.807) is 18.2 Å². The zero-order chi connectivity index (χ0) is 16.2. The van der Waals surface area contributed by atoms with Gasteiger partial charge in [-0.25, -0.2) is 4.98 Å². The van der Waals surface area contributed by atoms with Gasteiger partial charge < -0.3 is 15.8 Å². The number of nitrogens with two attached hydrogens (primary N) is 1. The Hall–Kier alpha value is -2.50. The van der Waals surface area contributed by atoms with Crippen LogP contribution in [0.25, 0.3) is 0 Å². The van der Waals surface area contributed by atoms with Crippen LogP contribution in [0.3, 0.4) is 0 Å². The molecule has 0 saturated heterocycles. The maximum Gasteiger partial charge on any atom is 0.248 e. The number of anilines is 3. The molecule has 0 bridgehead atoms. The van der Waals surface area contributed by atoms with Gasteiger partial charge in [0.25, 0.3) is 0 Å². The fourth-order valence-electron chi connectivity index (χ4n) is 1.92. The molecule has 0 aliphatic rings. The van der Waals surface area contributed by atoms with Gasteiger partial charge in [0, 0.05) is 15.7 Å². The van der Waals surface area contributed by atoms with Gasteiger partial charge in [0.05, 0.1) is 0 Å². The Morgan fingerprint density at radius 3 is 2.35 bits per heavy atom. The van der Waals surface area contributed by atoms with Crippen LogP contribution in [-0.2, 0) is 0 Å². The van der Waals surface area contributed by atoms with Crippen molar-refractivity contribution in [2.45, 2.75) is 0 Å². The summed E-state index contributed by atoms with van der Waals surface area (Å²) in [6.07, 6.45) is 1.36. The van der Waals surface area contributed by atoms with E-state index in [1.165, 1.54) is 6.33 Å². The smallest absolute Gasteiger partial charge is 0.248 e. The first-order chi connectivity index (χ1) is 11.1.